The molecule has 0 saturated carbocycles. The van der Waals surface area contributed by atoms with Crippen LogP contribution in [-0.2, 0) is 18.6 Å². The summed E-state index contributed by atoms with van der Waals surface area (Å²) in [5, 5.41) is 8.33. The molecule has 0 saturated heterocycles. The minimum absolute atomic E-state index is 0. The fourth-order valence-electron chi connectivity index (χ4n) is 0.446. The van der Waals surface area contributed by atoms with Gasteiger partial charge in [0.2, 0.25) is 0 Å². The molecule has 51 valence electrons. The number of carboxylic acid groups (broad SMARTS) is 1. The fourth-order valence-corrected chi connectivity index (χ4v) is 0.446. The Balaban J connectivity index is 0.000000810. The minimum atomic E-state index is -0.962. The summed E-state index contributed by atoms with van der Waals surface area (Å²) in [7, 11) is 0. The molecule has 0 aliphatic heterocycles. The van der Waals surface area contributed by atoms with Gasteiger partial charge in [0.25, 0.3) is 0 Å². The molecule has 0 aliphatic carbocycles. The zero-order valence-electron chi connectivity index (χ0n) is 4.98. The molecule has 0 bridgehead atoms. The number of hydrogen-bond acceptors (Lipinski definition) is 2. The molecule has 1 N–H and O–H groups in total. The van der Waals surface area contributed by atoms with Gasteiger partial charge in [0, 0.05) is 18.6 Å². The molecule has 0 unspecified atom stereocenters. The number of nitrogens with zero attached hydrogens (tertiary/aromatic N) is 1. The number of aromatic nitrogens is 1. The first-order valence-electron chi connectivity index (χ1n) is 2.36. The molecule has 10 heavy (non-hydrogen) atoms. The first-order valence-corrected chi connectivity index (χ1v) is 2.36. The van der Waals surface area contributed by atoms with E-state index >= 15 is 0 Å². The summed E-state index contributed by atoms with van der Waals surface area (Å²) in [5.41, 5.74) is 0.189. The number of pyridine rings is 1. The van der Waals surface area contributed by atoms with Gasteiger partial charge < -0.3 is 10.1 Å². The van der Waals surface area contributed by atoms with E-state index < -0.39 is 5.97 Å². The molecule has 0 spiro atoms. The van der Waals surface area contributed by atoms with E-state index in [4.69, 9.17) is 5.11 Å². The second-order valence-corrected chi connectivity index (χ2v) is 1.48. The second kappa shape index (κ2) is 4.09. The molecule has 0 aromatic carbocycles. The van der Waals surface area contributed by atoms with Crippen LogP contribution < -0.4 is 0 Å². The van der Waals surface area contributed by atoms with Crippen LogP contribution in [0.1, 0.15) is 10.4 Å². The maximum Gasteiger partial charge on any atom is 0.312 e. The molecular weight excluding hydrogens is 169 g/mol. The van der Waals surface area contributed by atoms with Crippen molar-refractivity contribution in [3.63, 3.8) is 0 Å². The summed E-state index contributed by atoms with van der Waals surface area (Å²) in [6.45, 7) is 0. The summed E-state index contributed by atoms with van der Waals surface area (Å²) in [4.78, 5) is 13.6. The number of rotatable bonds is 1. The van der Waals surface area contributed by atoms with E-state index in [9.17, 15) is 4.79 Å². The smallest absolute Gasteiger partial charge is 0.312 e. The van der Waals surface area contributed by atoms with Crippen molar-refractivity contribution in [2.45, 2.75) is 0 Å². The van der Waals surface area contributed by atoms with E-state index in [1.807, 2.05) is 0 Å². The SMILES string of the molecule is O=C(O)c1cc[c-]nc1.[V]. The molecule has 0 aliphatic rings. The predicted octanol–water partition coefficient (Wildman–Crippen LogP) is 0.577. The summed E-state index contributed by atoms with van der Waals surface area (Å²) >= 11 is 0. The van der Waals surface area contributed by atoms with Crippen molar-refractivity contribution in [2.75, 3.05) is 0 Å². The van der Waals surface area contributed by atoms with Gasteiger partial charge in [0.05, 0.1) is 0 Å². The number of carbonyl (C=O) groups is 1. The van der Waals surface area contributed by atoms with Gasteiger partial charge in [-0.05, 0) is 5.56 Å². The monoisotopic (exact) mass is 173 g/mol. The summed E-state index contributed by atoms with van der Waals surface area (Å²) < 4.78 is 0. The van der Waals surface area contributed by atoms with Crippen molar-refractivity contribution in [2.24, 2.45) is 0 Å². The Labute approximate surface area is 70.0 Å². The van der Waals surface area contributed by atoms with Crippen LogP contribution in [-0.4, -0.2) is 16.1 Å². The van der Waals surface area contributed by atoms with E-state index in [0.29, 0.717) is 0 Å². The Kier molecular flexibility index (Phi) is 3.76. The predicted molar refractivity (Wildman–Crippen MR) is 30.0 cm³/mol. The standard InChI is InChI=1S/C6H4NO2.V/c8-6(9)5-2-1-3-7-4-5;/h1-2,4H,(H,8,9);/q-1;. The van der Waals surface area contributed by atoms with E-state index in [1.165, 1.54) is 18.3 Å². The van der Waals surface area contributed by atoms with Gasteiger partial charge in [0.1, 0.15) is 0 Å². The van der Waals surface area contributed by atoms with Gasteiger partial charge in [-0.2, -0.15) is 12.1 Å². The summed E-state index contributed by atoms with van der Waals surface area (Å²) in [6.07, 6.45) is 3.73. The number of carboxylic acids is 1. The molecule has 0 fully saturated rings. The molecule has 1 aromatic heterocycles. The molecule has 0 amide bonds. The Morgan fingerprint density at radius 2 is 2.40 bits per heavy atom. The van der Waals surface area contributed by atoms with Crippen LogP contribution in [0, 0.1) is 6.20 Å². The second-order valence-electron chi connectivity index (χ2n) is 1.48. The Bertz CT molecular complexity index is 212. The zero-order chi connectivity index (χ0) is 6.69. The van der Waals surface area contributed by atoms with Crippen LogP contribution in [0.2, 0.25) is 0 Å². The topological polar surface area (TPSA) is 50.2 Å². The fraction of sp³-hybridized carbons (Fsp3) is 0. The zero-order valence-corrected chi connectivity index (χ0v) is 6.38. The minimum Gasteiger partial charge on any atom is -0.479 e. The third-order valence-electron chi connectivity index (χ3n) is 0.863. The summed E-state index contributed by atoms with van der Waals surface area (Å²) in [6, 6.07) is 2.90. The van der Waals surface area contributed by atoms with Gasteiger partial charge in [-0.3, -0.25) is 0 Å². The van der Waals surface area contributed by atoms with Crippen LogP contribution in [0.3, 0.4) is 0 Å². The molecule has 1 aromatic rings. The van der Waals surface area contributed by atoms with Crippen molar-refractivity contribution in [3.05, 3.63) is 30.1 Å². The first kappa shape index (κ1) is 9.20. The van der Waals surface area contributed by atoms with Gasteiger partial charge in [-0.15, -0.1) is 0 Å². The summed E-state index contributed by atoms with van der Waals surface area (Å²) in [5.74, 6) is -0.962. The van der Waals surface area contributed by atoms with Gasteiger partial charge >= 0.3 is 5.97 Å². The third-order valence-corrected chi connectivity index (χ3v) is 0.863. The maximum atomic E-state index is 10.1. The van der Waals surface area contributed by atoms with Crippen molar-refractivity contribution in [1.29, 1.82) is 0 Å². The first-order chi connectivity index (χ1) is 4.30. The molecule has 1 heterocycles. The number of hydrogen-bond donors (Lipinski definition) is 1. The van der Waals surface area contributed by atoms with Gasteiger partial charge in [-0.1, -0.05) is 12.4 Å². The van der Waals surface area contributed by atoms with Crippen molar-refractivity contribution >= 4 is 5.97 Å². The molecular formula is C6H4NO2V-. The van der Waals surface area contributed by atoms with Crippen molar-refractivity contribution in [3.8, 4) is 0 Å². The normalized spacial score (nSPS) is 8.00. The largest absolute Gasteiger partial charge is 0.479 e. The number of aromatic carboxylic acids is 1. The molecule has 3 nitrogen and oxygen atoms in total. The van der Waals surface area contributed by atoms with E-state index in [2.05, 4.69) is 11.2 Å². The van der Waals surface area contributed by atoms with Crippen molar-refractivity contribution in [1.82, 2.24) is 4.98 Å². The Morgan fingerprint density at radius 3 is 2.70 bits per heavy atom. The Hall–Kier alpha value is -0.796. The van der Waals surface area contributed by atoms with Crippen LogP contribution in [0.5, 0.6) is 0 Å². The van der Waals surface area contributed by atoms with Crippen molar-refractivity contribution < 1.29 is 28.5 Å². The quantitative estimate of drug-likeness (QED) is 0.632. The van der Waals surface area contributed by atoms with Crippen LogP contribution >= 0.6 is 0 Å². The van der Waals surface area contributed by atoms with E-state index in [1.54, 1.807) is 0 Å². The van der Waals surface area contributed by atoms with Crippen LogP contribution in [0.25, 0.3) is 0 Å². The van der Waals surface area contributed by atoms with E-state index in [0.717, 1.165) is 0 Å². The third kappa shape index (κ3) is 2.21. The van der Waals surface area contributed by atoms with Gasteiger partial charge in [-0.25, -0.2) is 4.79 Å². The average molecular weight is 173 g/mol. The molecule has 0 atom stereocenters. The molecule has 1 rings (SSSR count). The van der Waals surface area contributed by atoms with E-state index in [-0.39, 0.29) is 24.1 Å². The average Bonchev–Trinajstić information content (AvgIpc) is 1.90. The molecule has 1 radical (unpaired) electrons. The van der Waals surface area contributed by atoms with Crippen LogP contribution in [0.4, 0.5) is 0 Å². The maximum absolute atomic E-state index is 10.1. The van der Waals surface area contributed by atoms with Gasteiger partial charge in [0.15, 0.2) is 0 Å². The van der Waals surface area contributed by atoms with Crippen LogP contribution in [0.15, 0.2) is 18.3 Å². The molecule has 4 heteroatoms. The Morgan fingerprint density at radius 1 is 1.70 bits per heavy atom.